The highest BCUT2D eigenvalue weighted by Crippen LogP contribution is 2.34. The summed E-state index contributed by atoms with van der Waals surface area (Å²) in [5, 5.41) is 13.8. The van der Waals surface area contributed by atoms with Crippen LogP contribution in [0.3, 0.4) is 0 Å². The van der Waals surface area contributed by atoms with Gasteiger partial charge in [0.2, 0.25) is 17.9 Å². The van der Waals surface area contributed by atoms with Crippen LogP contribution in [0.4, 0.5) is 5.95 Å². The molecule has 1 aliphatic rings. The smallest absolute Gasteiger partial charge is 0.237 e. The first kappa shape index (κ1) is 12.9. The minimum Gasteiger partial charge on any atom is -0.313 e. The SMILES string of the molecule is Cn1c(NC(=O)[C@H]2C[C@H]2[N+](=O)[O-])nc2cc(Cl)ccc21. The molecule has 7 nitrogen and oxygen atoms in total. The highest BCUT2D eigenvalue weighted by atomic mass is 35.5. The summed E-state index contributed by atoms with van der Waals surface area (Å²) in [6, 6.07) is 4.47. The molecule has 3 rings (SSSR count). The van der Waals surface area contributed by atoms with Crippen molar-refractivity contribution in [3.63, 3.8) is 0 Å². The Hall–Kier alpha value is -2.15. The highest BCUT2D eigenvalue weighted by Gasteiger charge is 2.53. The van der Waals surface area contributed by atoms with Crippen LogP contribution in [0.25, 0.3) is 11.0 Å². The van der Waals surface area contributed by atoms with Crippen molar-refractivity contribution in [2.75, 3.05) is 5.32 Å². The molecule has 0 spiro atoms. The summed E-state index contributed by atoms with van der Waals surface area (Å²) >= 11 is 5.89. The van der Waals surface area contributed by atoms with Crippen LogP contribution in [-0.4, -0.2) is 26.4 Å². The molecule has 0 unspecified atom stereocenters. The predicted octanol–water partition coefficient (Wildman–Crippen LogP) is 1.83. The lowest BCUT2D eigenvalue weighted by atomic mass is 10.3. The molecule has 1 aromatic carbocycles. The number of nitro groups is 1. The number of aromatic nitrogens is 2. The van der Waals surface area contributed by atoms with Gasteiger partial charge in [0.1, 0.15) is 5.92 Å². The molecule has 8 heteroatoms. The first-order chi connectivity index (χ1) is 9.47. The quantitative estimate of drug-likeness (QED) is 0.690. The zero-order valence-electron chi connectivity index (χ0n) is 10.5. The summed E-state index contributed by atoms with van der Waals surface area (Å²) in [6.45, 7) is 0. The Labute approximate surface area is 118 Å². The maximum Gasteiger partial charge on any atom is 0.237 e. The van der Waals surface area contributed by atoms with Crippen molar-refractivity contribution in [2.24, 2.45) is 13.0 Å². The van der Waals surface area contributed by atoms with E-state index in [1.165, 1.54) is 0 Å². The largest absolute Gasteiger partial charge is 0.313 e. The molecule has 0 aliphatic heterocycles. The number of benzene rings is 1. The molecule has 0 bridgehead atoms. The number of carbonyl (C=O) groups excluding carboxylic acids is 1. The summed E-state index contributed by atoms with van der Waals surface area (Å²) in [5.41, 5.74) is 1.49. The Bertz CT molecular complexity index is 727. The normalized spacial score (nSPS) is 20.9. The van der Waals surface area contributed by atoms with Crippen molar-refractivity contribution in [3.05, 3.63) is 33.3 Å². The summed E-state index contributed by atoms with van der Waals surface area (Å²) in [7, 11) is 1.76. The van der Waals surface area contributed by atoms with E-state index in [2.05, 4.69) is 10.3 Å². The van der Waals surface area contributed by atoms with Gasteiger partial charge in [0.15, 0.2) is 0 Å². The Morgan fingerprint density at radius 1 is 1.60 bits per heavy atom. The van der Waals surface area contributed by atoms with Crippen LogP contribution in [0.2, 0.25) is 5.02 Å². The van der Waals surface area contributed by atoms with Gasteiger partial charge in [-0.15, -0.1) is 0 Å². The summed E-state index contributed by atoms with van der Waals surface area (Å²) in [5.74, 6) is -0.564. The summed E-state index contributed by atoms with van der Waals surface area (Å²) in [6.07, 6.45) is 0.286. The van der Waals surface area contributed by atoms with Gasteiger partial charge in [0.05, 0.1) is 11.0 Å². The molecular formula is C12H11ClN4O3. The number of rotatable bonds is 3. The maximum atomic E-state index is 11.9. The minimum atomic E-state index is -0.765. The average molecular weight is 295 g/mol. The van der Waals surface area contributed by atoms with Gasteiger partial charge in [0, 0.05) is 23.4 Å². The molecule has 104 valence electrons. The Morgan fingerprint density at radius 3 is 3.00 bits per heavy atom. The van der Waals surface area contributed by atoms with E-state index in [1.807, 2.05) is 0 Å². The number of imidazole rings is 1. The van der Waals surface area contributed by atoms with Crippen LogP contribution in [0, 0.1) is 16.0 Å². The second kappa shape index (κ2) is 4.45. The first-order valence-corrected chi connectivity index (χ1v) is 6.41. The van der Waals surface area contributed by atoms with E-state index >= 15 is 0 Å². The number of hydrogen-bond acceptors (Lipinski definition) is 4. The van der Waals surface area contributed by atoms with E-state index in [1.54, 1.807) is 29.8 Å². The first-order valence-electron chi connectivity index (χ1n) is 6.03. The molecule has 0 saturated heterocycles. The molecule has 1 N–H and O–H groups in total. The number of nitrogens with zero attached hydrogens (tertiary/aromatic N) is 3. The molecule has 2 atom stereocenters. The minimum absolute atomic E-state index is 0.286. The Balaban J connectivity index is 1.83. The number of fused-ring (bicyclic) bond motifs is 1. The van der Waals surface area contributed by atoms with E-state index in [0.717, 1.165) is 5.52 Å². The molecule has 1 fully saturated rings. The molecule has 2 aromatic rings. The maximum absolute atomic E-state index is 11.9. The average Bonchev–Trinajstić information content (AvgIpc) is 3.12. The van der Waals surface area contributed by atoms with Crippen LogP contribution in [0.5, 0.6) is 0 Å². The predicted molar refractivity (Wildman–Crippen MR) is 73.2 cm³/mol. The van der Waals surface area contributed by atoms with Gasteiger partial charge in [-0.2, -0.15) is 0 Å². The van der Waals surface area contributed by atoms with E-state index < -0.39 is 16.9 Å². The van der Waals surface area contributed by atoms with Gasteiger partial charge in [-0.05, 0) is 18.2 Å². The highest BCUT2D eigenvalue weighted by molar-refractivity contribution is 6.31. The van der Waals surface area contributed by atoms with Crippen molar-refractivity contribution >= 4 is 34.5 Å². The van der Waals surface area contributed by atoms with Crippen molar-refractivity contribution in [1.29, 1.82) is 0 Å². The second-order valence-electron chi connectivity index (χ2n) is 4.81. The fourth-order valence-electron chi connectivity index (χ4n) is 2.18. The zero-order chi connectivity index (χ0) is 14.4. The third-order valence-electron chi connectivity index (χ3n) is 3.44. The molecule has 1 aromatic heterocycles. The fraction of sp³-hybridized carbons (Fsp3) is 0.333. The van der Waals surface area contributed by atoms with Gasteiger partial charge < -0.3 is 4.57 Å². The lowest BCUT2D eigenvalue weighted by molar-refractivity contribution is -0.497. The molecular weight excluding hydrogens is 284 g/mol. The van der Waals surface area contributed by atoms with Gasteiger partial charge in [-0.1, -0.05) is 11.6 Å². The number of carbonyl (C=O) groups is 1. The number of amides is 1. The van der Waals surface area contributed by atoms with Crippen LogP contribution >= 0.6 is 11.6 Å². The van der Waals surface area contributed by atoms with Crippen molar-refractivity contribution in [1.82, 2.24) is 9.55 Å². The standard InChI is InChI=1S/C12H11ClN4O3/c1-16-9-3-2-6(13)4-8(9)14-12(16)15-11(18)7-5-10(7)17(19)20/h2-4,7,10H,5H2,1H3,(H,14,15,18)/t7-,10+/m0/s1. The van der Waals surface area contributed by atoms with Crippen LogP contribution in [0.15, 0.2) is 18.2 Å². The van der Waals surface area contributed by atoms with Gasteiger partial charge in [-0.3, -0.25) is 20.2 Å². The van der Waals surface area contributed by atoms with E-state index in [0.29, 0.717) is 16.5 Å². The number of aryl methyl sites for hydroxylation is 1. The Kier molecular flexibility index (Phi) is 2.86. The lowest BCUT2D eigenvalue weighted by Crippen LogP contribution is -2.20. The van der Waals surface area contributed by atoms with Crippen molar-refractivity contribution < 1.29 is 9.72 Å². The number of anilines is 1. The Morgan fingerprint density at radius 2 is 2.35 bits per heavy atom. The van der Waals surface area contributed by atoms with E-state index in [9.17, 15) is 14.9 Å². The zero-order valence-corrected chi connectivity index (χ0v) is 11.3. The number of hydrogen-bond donors (Lipinski definition) is 1. The molecule has 0 radical (unpaired) electrons. The summed E-state index contributed by atoms with van der Waals surface area (Å²) < 4.78 is 1.72. The summed E-state index contributed by atoms with van der Waals surface area (Å²) in [4.78, 5) is 26.3. The van der Waals surface area contributed by atoms with Crippen LogP contribution < -0.4 is 5.32 Å². The van der Waals surface area contributed by atoms with E-state index in [-0.39, 0.29) is 12.3 Å². The van der Waals surface area contributed by atoms with Crippen LogP contribution in [-0.2, 0) is 11.8 Å². The molecule has 20 heavy (non-hydrogen) atoms. The third-order valence-corrected chi connectivity index (χ3v) is 3.68. The van der Waals surface area contributed by atoms with Gasteiger partial charge >= 0.3 is 0 Å². The molecule has 1 amide bonds. The van der Waals surface area contributed by atoms with Crippen LogP contribution in [0.1, 0.15) is 6.42 Å². The number of halogens is 1. The fourth-order valence-corrected chi connectivity index (χ4v) is 2.35. The molecule has 1 saturated carbocycles. The molecule has 1 aliphatic carbocycles. The van der Waals surface area contributed by atoms with E-state index in [4.69, 9.17) is 11.6 Å². The number of nitrogens with one attached hydrogen (secondary N) is 1. The van der Waals surface area contributed by atoms with Crippen molar-refractivity contribution in [2.45, 2.75) is 12.5 Å². The van der Waals surface area contributed by atoms with Crippen molar-refractivity contribution in [3.8, 4) is 0 Å². The monoisotopic (exact) mass is 294 g/mol. The third kappa shape index (κ3) is 2.09. The topological polar surface area (TPSA) is 90.1 Å². The van der Waals surface area contributed by atoms with Gasteiger partial charge in [-0.25, -0.2) is 4.98 Å². The lowest BCUT2D eigenvalue weighted by Gasteiger charge is -2.03. The second-order valence-corrected chi connectivity index (χ2v) is 5.25. The van der Waals surface area contributed by atoms with Gasteiger partial charge in [0.25, 0.3) is 0 Å². The molecule has 1 heterocycles.